The number of rotatable bonds is 9. The van der Waals surface area contributed by atoms with Crippen LogP contribution in [-0.4, -0.2) is 33.4 Å². The summed E-state index contributed by atoms with van der Waals surface area (Å²) < 4.78 is 6.25. The van der Waals surface area contributed by atoms with E-state index >= 15 is 0 Å². The summed E-state index contributed by atoms with van der Waals surface area (Å²) in [4.78, 5) is 2.22. The van der Waals surface area contributed by atoms with Gasteiger partial charge in [0.2, 0.25) is 0 Å². The van der Waals surface area contributed by atoms with Gasteiger partial charge in [-0.2, -0.15) is 5.26 Å². The van der Waals surface area contributed by atoms with Gasteiger partial charge in [-0.3, -0.25) is 0 Å². The standard InChI is InChI=1S/C16H24BrN3O/c1-4-19-13(2)15-7-6-14(17)12-16(15)20(9-5-8-18)10-11-21-3/h6-7,12-13,19H,4-5,9-11H2,1-3H3. The number of nitrogens with one attached hydrogen (secondary N) is 1. The van der Waals surface area contributed by atoms with Crippen molar-refractivity contribution in [3.05, 3.63) is 28.2 Å². The van der Waals surface area contributed by atoms with Crippen LogP contribution >= 0.6 is 15.9 Å². The first kappa shape index (κ1) is 18.0. The number of nitrogens with zero attached hydrogens (tertiary/aromatic N) is 2. The van der Waals surface area contributed by atoms with Crippen LogP contribution < -0.4 is 10.2 Å². The van der Waals surface area contributed by atoms with Crippen LogP contribution in [0.1, 0.15) is 31.9 Å². The van der Waals surface area contributed by atoms with E-state index in [2.05, 4.69) is 64.3 Å². The van der Waals surface area contributed by atoms with E-state index < -0.39 is 0 Å². The van der Waals surface area contributed by atoms with Gasteiger partial charge < -0.3 is 15.0 Å². The van der Waals surface area contributed by atoms with Gasteiger partial charge in [0, 0.05) is 36.4 Å². The molecule has 0 bridgehead atoms. The van der Waals surface area contributed by atoms with Gasteiger partial charge in [-0.15, -0.1) is 0 Å². The normalized spacial score (nSPS) is 12.0. The molecule has 21 heavy (non-hydrogen) atoms. The summed E-state index contributed by atoms with van der Waals surface area (Å²) in [5.74, 6) is 0. The average Bonchev–Trinajstić information content (AvgIpc) is 2.47. The van der Waals surface area contributed by atoms with Gasteiger partial charge in [-0.25, -0.2) is 0 Å². The lowest BCUT2D eigenvalue weighted by Gasteiger charge is -2.28. The molecule has 0 aromatic heterocycles. The van der Waals surface area contributed by atoms with Crippen LogP contribution in [0.2, 0.25) is 0 Å². The van der Waals surface area contributed by atoms with Crippen molar-refractivity contribution in [1.29, 1.82) is 5.26 Å². The molecule has 0 fully saturated rings. The van der Waals surface area contributed by atoms with Crippen LogP contribution in [-0.2, 0) is 4.74 Å². The van der Waals surface area contributed by atoms with Crippen LogP contribution in [0.15, 0.2) is 22.7 Å². The fourth-order valence-corrected chi connectivity index (χ4v) is 2.66. The van der Waals surface area contributed by atoms with E-state index in [4.69, 9.17) is 10.00 Å². The second-order valence-electron chi connectivity index (χ2n) is 4.87. The first-order chi connectivity index (χ1) is 10.1. The van der Waals surface area contributed by atoms with E-state index in [9.17, 15) is 0 Å². The lowest BCUT2D eigenvalue weighted by molar-refractivity contribution is 0.205. The molecule has 0 amide bonds. The van der Waals surface area contributed by atoms with E-state index in [0.717, 1.165) is 23.2 Å². The van der Waals surface area contributed by atoms with Crippen molar-refractivity contribution in [3.8, 4) is 6.07 Å². The van der Waals surface area contributed by atoms with E-state index in [1.807, 2.05) is 0 Å². The Morgan fingerprint density at radius 2 is 2.19 bits per heavy atom. The molecule has 1 rings (SSSR count). The Bertz CT molecular complexity index is 473. The highest BCUT2D eigenvalue weighted by atomic mass is 79.9. The summed E-state index contributed by atoms with van der Waals surface area (Å²) >= 11 is 3.55. The first-order valence-corrected chi connectivity index (χ1v) is 8.07. The molecule has 0 aliphatic rings. The minimum atomic E-state index is 0.269. The quantitative estimate of drug-likeness (QED) is 0.738. The van der Waals surface area contributed by atoms with Crippen molar-refractivity contribution in [2.45, 2.75) is 26.3 Å². The van der Waals surface area contributed by atoms with Crippen molar-refractivity contribution in [2.24, 2.45) is 0 Å². The molecule has 4 nitrogen and oxygen atoms in total. The minimum absolute atomic E-state index is 0.269. The van der Waals surface area contributed by atoms with Gasteiger partial charge in [-0.1, -0.05) is 28.9 Å². The molecule has 116 valence electrons. The van der Waals surface area contributed by atoms with Crippen molar-refractivity contribution >= 4 is 21.6 Å². The average molecular weight is 354 g/mol. The number of hydrogen-bond acceptors (Lipinski definition) is 4. The fraction of sp³-hybridized carbons (Fsp3) is 0.562. The Hall–Kier alpha value is -1.09. The molecule has 1 aromatic rings. The zero-order chi connectivity index (χ0) is 15.7. The lowest BCUT2D eigenvalue weighted by Crippen LogP contribution is -2.30. The maximum atomic E-state index is 8.88. The summed E-state index contributed by atoms with van der Waals surface area (Å²) in [6, 6.07) is 8.81. The number of nitriles is 1. The van der Waals surface area contributed by atoms with Gasteiger partial charge in [0.1, 0.15) is 0 Å². The van der Waals surface area contributed by atoms with Gasteiger partial charge in [0.25, 0.3) is 0 Å². The minimum Gasteiger partial charge on any atom is -0.383 e. The second-order valence-corrected chi connectivity index (χ2v) is 5.79. The van der Waals surface area contributed by atoms with Crippen LogP contribution in [0.4, 0.5) is 5.69 Å². The zero-order valence-electron chi connectivity index (χ0n) is 13.0. The van der Waals surface area contributed by atoms with Gasteiger partial charge in [-0.05, 0) is 31.2 Å². The molecule has 0 radical (unpaired) electrons. The van der Waals surface area contributed by atoms with E-state index in [1.54, 1.807) is 7.11 Å². The number of hydrogen-bond donors (Lipinski definition) is 1. The Morgan fingerprint density at radius 3 is 2.81 bits per heavy atom. The molecule has 1 aromatic carbocycles. The van der Waals surface area contributed by atoms with Crippen LogP contribution in [0.5, 0.6) is 0 Å². The van der Waals surface area contributed by atoms with Gasteiger partial charge in [0.05, 0.1) is 19.1 Å². The van der Waals surface area contributed by atoms with Crippen LogP contribution in [0.3, 0.4) is 0 Å². The number of methoxy groups -OCH3 is 1. The predicted molar refractivity (Wildman–Crippen MR) is 90.6 cm³/mol. The lowest BCUT2D eigenvalue weighted by atomic mass is 10.0. The SMILES string of the molecule is CCNC(C)c1ccc(Br)cc1N(CCC#N)CCOC. The largest absolute Gasteiger partial charge is 0.383 e. The second kappa shape index (κ2) is 9.78. The maximum absolute atomic E-state index is 8.88. The van der Waals surface area contributed by atoms with E-state index in [0.29, 0.717) is 19.6 Å². The van der Waals surface area contributed by atoms with E-state index in [-0.39, 0.29) is 6.04 Å². The molecule has 0 aliphatic heterocycles. The molecule has 1 atom stereocenters. The fourth-order valence-electron chi connectivity index (χ4n) is 2.31. The molecule has 0 aliphatic carbocycles. The molecule has 5 heteroatoms. The van der Waals surface area contributed by atoms with Crippen molar-refractivity contribution in [2.75, 3.05) is 38.3 Å². The Labute approximate surface area is 136 Å². The summed E-state index contributed by atoms with van der Waals surface area (Å²) in [6.07, 6.45) is 0.505. The monoisotopic (exact) mass is 353 g/mol. The van der Waals surface area contributed by atoms with Gasteiger partial charge >= 0.3 is 0 Å². The highest BCUT2D eigenvalue weighted by Crippen LogP contribution is 2.30. The Kier molecular flexibility index (Phi) is 8.36. The van der Waals surface area contributed by atoms with Gasteiger partial charge in [0.15, 0.2) is 0 Å². The van der Waals surface area contributed by atoms with Crippen molar-refractivity contribution in [1.82, 2.24) is 5.32 Å². The van der Waals surface area contributed by atoms with Crippen molar-refractivity contribution < 1.29 is 4.74 Å². The Morgan fingerprint density at radius 1 is 1.43 bits per heavy atom. The summed E-state index contributed by atoms with van der Waals surface area (Å²) in [5.41, 5.74) is 2.40. The molecule has 0 spiro atoms. The third-order valence-electron chi connectivity index (χ3n) is 3.37. The van der Waals surface area contributed by atoms with Crippen LogP contribution in [0.25, 0.3) is 0 Å². The molecular weight excluding hydrogens is 330 g/mol. The highest BCUT2D eigenvalue weighted by Gasteiger charge is 2.15. The maximum Gasteiger partial charge on any atom is 0.0640 e. The van der Waals surface area contributed by atoms with Crippen molar-refractivity contribution in [3.63, 3.8) is 0 Å². The Balaban J connectivity index is 3.08. The zero-order valence-corrected chi connectivity index (χ0v) is 14.6. The molecule has 1 N–H and O–H groups in total. The highest BCUT2D eigenvalue weighted by molar-refractivity contribution is 9.10. The molecule has 1 unspecified atom stereocenters. The topological polar surface area (TPSA) is 48.3 Å². The predicted octanol–water partition coefficient (Wildman–Crippen LogP) is 3.49. The molecule has 0 saturated heterocycles. The third kappa shape index (κ3) is 5.66. The molecular formula is C16H24BrN3O. The summed E-state index contributed by atoms with van der Waals surface area (Å²) in [5, 5.41) is 12.3. The number of ether oxygens (including phenoxy) is 1. The third-order valence-corrected chi connectivity index (χ3v) is 3.86. The molecule has 0 heterocycles. The molecule has 0 saturated carbocycles. The number of anilines is 1. The van der Waals surface area contributed by atoms with E-state index in [1.165, 1.54) is 5.56 Å². The first-order valence-electron chi connectivity index (χ1n) is 7.27. The smallest absolute Gasteiger partial charge is 0.0640 e. The number of halogens is 1. The summed E-state index contributed by atoms with van der Waals surface area (Å²) in [7, 11) is 1.70. The summed E-state index contributed by atoms with van der Waals surface area (Å²) in [6.45, 7) is 7.32. The number of benzene rings is 1. The van der Waals surface area contributed by atoms with Crippen LogP contribution in [0, 0.1) is 11.3 Å².